The molecule has 0 aliphatic heterocycles. The van der Waals surface area contributed by atoms with Crippen LogP contribution in [0.1, 0.15) is 47.9 Å². The van der Waals surface area contributed by atoms with Gasteiger partial charge in [0.05, 0.1) is 16.7 Å². The second-order valence-corrected chi connectivity index (χ2v) is 16.1. The van der Waals surface area contributed by atoms with Crippen molar-refractivity contribution in [1.82, 2.24) is 4.57 Å². The number of aromatic nitrogens is 1. The number of para-hydroxylation sites is 2. The summed E-state index contributed by atoms with van der Waals surface area (Å²) in [6.07, 6.45) is 9.35. The molecule has 0 fully saturated rings. The summed E-state index contributed by atoms with van der Waals surface area (Å²) >= 11 is 0. The molecule has 58 heavy (non-hydrogen) atoms. The number of hydrogen-bond donors (Lipinski definition) is 0. The molecular weight excluding hydrogens is 701 g/mol. The van der Waals surface area contributed by atoms with Gasteiger partial charge in [0.15, 0.2) is 0 Å². The number of rotatable bonds is 7. The lowest BCUT2D eigenvalue weighted by atomic mass is 9.75. The molecule has 0 N–H and O–H groups in total. The third-order valence-electron chi connectivity index (χ3n) is 12.8. The van der Waals surface area contributed by atoms with Gasteiger partial charge >= 0.3 is 0 Å². The third-order valence-corrected chi connectivity index (χ3v) is 12.8. The highest BCUT2D eigenvalue weighted by molar-refractivity contribution is 6.09. The molecule has 0 amide bonds. The van der Waals surface area contributed by atoms with Crippen LogP contribution in [-0.2, 0) is 25.7 Å². The molecule has 280 valence electrons. The van der Waals surface area contributed by atoms with Crippen molar-refractivity contribution in [2.75, 3.05) is 4.90 Å². The van der Waals surface area contributed by atoms with Crippen molar-refractivity contribution >= 4 is 38.9 Å². The van der Waals surface area contributed by atoms with Crippen molar-refractivity contribution < 1.29 is 0 Å². The van der Waals surface area contributed by atoms with Gasteiger partial charge in [-0.15, -0.1) is 0 Å². The Morgan fingerprint density at radius 1 is 0.328 bits per heavy atom. The second kappa shape index (κ2) is 14.7. The Balaban J connectivity index is 1.08. The molecule has 0 spiro atoms. The zero-order valence-corrected chi connectivity index (χ0v) is 32.9. The zero-order valence-electron chi connectivity index (χ0n) is 32.9. The predicted octanol–water partition coefficient (Wildman–Crippen LogP) is 15.0. The van der Waals surface area contributed by atoms with E-state index in [0.29, 0.717) is 0 Å². The van der Waals surface area contributed by atoms with Crippen molar-refractivity contribution in [1.29, 1.82) is 0 Å². The minimum atomic E-state index is 1.10. The fourth-order valence-corrected chi connectivity index (χ4v) is 10.1. The normalized spacial score (nSPS) is 13.7. The van der Waals surface area contributed by atoms with E-state index >= 15 is 0 Å². The van der Waals surface area contributed by atoms with Crippen LogP contribution in [0.5, 0.6) is 0 Å². The van der Waals surface area contributed by atoms with E-state index in [-0.39, 0.29) is 0 Å². The third kappa shape index (κ3) is 5.94. The first kappa shape index (κ1) is 34.6. The first-order valence-corrected chi connectivity index (χ1v) is 21.2. The summed E-state index contributed by atoms with van der Waals surface area (Å²) < 4.78 is 2.44. The van der Waals surface area contributed by atoms with E-state index < -0.39 is 0 Å². The standard InChI is InChI=1S/C56H46N2/c1-3-15-39(16-4-1)41-27-33-44(34-28-41)57(45-35-29-42(30-36-45)40-17-5-2-6-18-40)56-51-23-9-7-21-49(51)55(50-22-8-10-24-52(50)56)43-31-37-46(38-32-43)58-53-25-13-11-19-47(53)48-20-12-14-26-54(48)58/h1-6,11-20,25-38H,7-10,21-24H2. The largest absolute Gasteiger partial charge is 0.310 e. The van der Waals surface area contributed by atoms with Gasteiger partial charge in [-0.25, -0.2) is 0 Å². The number of hydrogen-bond acceptors (Lipinski definition) is 1. The predicted molar refractivity (Wildman–Crippen MR) is 245 cm³/mol. The van der Waals surface area contributed by atoms with Crippen LogP contribution in [0.2, 0.25) is 0 Å². The number of nitrogens with zero attached hydrogens (tertiary/aromatic N) is 2. The van der Waals surface area contributed by atoms with E-state index in [2.05, 4.69) is 191 Å². The molecule has 0 radical (unpaired) electrons. The molecule has 2 aliphatic carbocycles. The Labute approximate surface area is 341 Å². The summed E-state index contributed by atoms with van der Waals surface area (Å²) in [6, 6.07) is 67.3. The summed E-state index contributed by atoms with van der Waals surface area (Å²) in [5, 5.41) is 2.60. The van der Waals surface area contributed by atoms with Crippen molar-refractivity contribution in [2.24, 2.45) is 0 Å². The maximum atomic E-state index is 2.62. The van der Waals surface area contributed by atoms with Gasteiger partial charge in [0.2, 0.25) is 0 Å². The van der Waals surface area contributed by atoms with Crippen LogP contribution in [0.25, 0.3) is 60.9 Å². The lowest BCUT2D eigenvalue weighted by Gasteiger charge is -2.37. The average molecular weight is 747 g/mol. The minimum absolute atomic E-state index is 1.10. The fraction of sp³-hybridized carbons (Fsp3) is 0.143. The van der Waals surface area contributed by atoms with Gasteiger partial charge in [-0.3, -0.25) is 0 Å². The van der Waals surface area contributed by atoms with E-state index in [4.69, 9.17) is 0 Å². The Morgan fingerprint density at radius 3 is 1.17 bits per heavy atom. The average Bonchev–Trinajstić information content (AvgIpc) is 3.64. The lowest BCUT2D eigenvalue weighted by molar-refractivity contribution is 0.661. The van der Waals surface area contributed by atoms with Crippen LogP contribution in [0, 0.1) is 0 Å². The SMILES string of the molecule is c1ccc(-c2ccc(N(c3ccc(-c4ccccc4)cc3)c3c4c(c(-c5ccc(-n6c7ccccc7c7ccccc76)cc5)c5c3CCCC5)CCCC4)cc2)cc1. The summed E-state index contributed by atoms with van der Waals surface area (Å²) in [6.45, 7) is 0. The summed E-state index contributed by atoms with van der Waals surface area (Å²) in [7, 11) is 0. The van der Waals surface area contributed by atoms with E-state index in [1.54, 1.807) is 22.3 Å². The van der Waals surface area contributed by atoms with Crippen LogP contribution in [0.4, 0.5) is 17.1 Å². The van der Waals surface area contributed by atoms with Crippen molar-refractivity contribution in [3.8, 4) is 39.1 Å². The lowest BCUT2D eigenvalue weighted by Crippen LogP contribution is -2.21. The number of benzene rings is 8. The van der Waals surface area contributed by atoms with Crippen LogP contribution in [0.3, 0.4) is 0 Å². The quantitative estimate of drug-likeness (QED) is 0.158. The highest BCUT2D eigenvalue weighted by atomic mass is 15.1. The Bertz CT molecular complexity index is 2730. The Morgan fingerprint density at radius 2 is 0.707 bits per heavy atom. The molecule has 0 saturated carbocycles. The van der Waals surface area contributed by atoms with Gasteiger partial charge in [0, 0.05) is 27.8 Å². The molecule has 2 heteroatoms. The van der Waals surface area contributed by atoms with Crippen LogP contribution >= 0.6 is 0 Å². The van der Waals surface area contributed by atoms with E-state index in [1.165, 1.54) is 104 Å². The molecule has 0 unspecified atom stereocenters. The van der Waals surface area contributed by atoms with E-state index in [9.17, 15) is 0 Å². The molecule has 0 saturated heterocycles. The first-order valence-electron chi connectivity index (χ1n) is 21.2. The van der Waals surface area contributed by atoms with Gasteiger partial charge in [0.1, 0.15) is 0 Å². The van der Waals surface area contributed by atoms with Crippen LogP contribution in [-0.4, -0.2) is 4.57 Å². The van der Waals surface area contributed by atoms with Gasteiger partial charge in [-0.1, -0.05) is 133 Å². The van der Waals surface area contributed by atoms with E-state index in [1.807, 2.05) is 0 Å². The van der Waals surface area contributed by atoms with Crippen molar-refractivity contribution in [2.45, 2.75) is 51.4 Å². The maximum absolute atomic E-state index is 2.62. The molecule has 8 aromatic carbocycles. The topological polar surface area (TPSA) is 8.17 Å². The first-order chi connectivity index (χ1) is 28.8. The molecule has 0 atom stereocenters. The molecule has 0 bridgehead atoms. The van der Waals surface area contributed by atoms with E-state index in [0.717, 1.165) is 25.7 Å². The zero-order chi connectivity index (χ0) is 38.4. The molecule has 2 nitrogen and oxygen atoms in total. The van der Waals surface area contributed by atoms with Crippen molar-refractivity contribution in [3.63, 3.8) is 0 Å². The highest BCUT2D eigenvalue weighted by Gasteiger charge is 2.31. The molecule has 2 aliphatic rings. The fourth-order valence-electron chi connectivity index (χ4n) is 10.1. The molecule has 11 rings (SSSR count). The van der Waals surface area contributed by atoms with Gasteiger partial charge < -0.3 is 9.47 Å². The van der Waals surface area contributed by atoms with Gasteiger partial charge in [0.25, 0.3) is 0 Å². The molecular formula is C56H46N2. The Kier molecular flexibility index (Phi) is 8.77. The monoisotopic (exact) mass is 746 g/mol. The smallest absolute Gasteiger partial charge is 0.0541 e. The summed E-state index contributed by atoms with van der Waals surface area (Å²) in [5.41, 5.74) is 21.7. The molecule has 1 heterocycles. The number of anilines is 3. The van der Waals surface area contributed by atoms with Crippen LogP contribution < -0.4 is 4.90 Å². The van der Waals surface area contributed by atoms with Crippen molar-refractivity contribution in [3.05, 3.63) is 204 Å². The van der Waals surface area contributed by atoms with Gasteiger partial charge in [-0.2, -0.15) is 0 Å². The summed E-state index contributed by atoms with van der Waals surface area (Å²) in [5.74, 6) is 0. The Hall–Kier alpha value is -6.64. The maximum Gasteiger partial charge on any atom is 0.0541 e. The number of fused-ring (bicyclic) bond motifs is 5. The summed E-state index contributed by atoms with van der Waals surface area (Å²) in [4.78, 5) is 2.62. The second-order valence-electron chi connectivity index (χ2n) is 16.1. The highest BCUT2D eigenvalue weighted by Crippen LogP contribution is 2.50. The van der Waals surface area contributed by atoms with Gasteiger partial charge in [-0.05, 0) is 156 Å². The minimum Gasteiger partial charge on any atom is -0.310 e. The molecule has 9 aromatic rings. The molecule has 1 aromatic heterocycles. The van der Waals surface area contributed by atoms with Crippen LogP contribution in [0.15, 0.2) is 182 Å².